The SMILES string of the molecule is Cc1cccc(C)c1N1CC=C[C@]23O[C@@H]4/C=C\CCC(=O)OC[C@@H](c5ccccc5)NC(=O)[C@@H]4[C@H]2C(=O)N(CCCCCO)[C@@H]3C1=O. The normalized spacial score (nSPS) is 30.0. The molecule has 3 amide bonds. The predicted molar refractivity (Wildman–Crippen MR) is 175 cm³/mol. The van der Waals surface area contributed by atoms with Crippen molar-refractivity contribution in [1.82, 2.24) is 10.2 Å². The number of ether oxygens (including phenoxy) is 2. The molecule has 248 valence electrons. The summed E-state index contributed by atoms with van der Waals surface area (Å²) in [7, 11) is 0. The summed E-state index contributed by atoms with van der Waals surface area (Å²) in [6.45, 7) is 4.51. The van der Waals surface area contributed by atoms with Gasteiger partial charge in [0.1, 0.15) is 18.2 Å². The van der Waals surface area contributed by atoms with Crippen molar-refractivity contribution < 1.29 is 33.8 Å². The quantitative estimate of drug-likeness (QED) is 0.268. The van der Waals surface area contributed by atoms with Gasteiger partial charge in [-0.1, -0.05) is 72.8 Å². The second-order valence-corrected chi connectivity index (χ2v) is 12.9. The van der Waals surface area contributed by atoms with E-state index in [9.17, 15) is 24.3 Å². The van der Waals surface area contributed by atoms with E-state index in [0.29, 0.717) is 32.2 Å². The summed E-state index contributed by atoms with van der Waals surface area (Å²) in [5, 5.41) is 12.4. The van der Waals surface area contributed by atoms with Gasteiger partial charge in [0, 0.05) is 31.8 Å². The summed E-state index contributed by atoms with van der Waals surface area (Å²) in [5.41, 5.74) is 2.06. The number of hydrogen-bond donors (Lipinski definition) is 2. The van der Waals surface area contributed by atoms with Crippen LogP contribution >= 0.6 is 0 Å². The van der Waals surface area contributed by atoms with Crippen LogP contribution in [-0.2, 0) is 28.7 Å². The van der Waals surface area contributed by atoms with Crippen LogP contribution in [0.3, 0.4) is 0 Å². The van der Waals surface area contributed by atoms with E-state index in [-0.39, 0.29) is 44.0 Å². The molecule has 0 radical (unpaired) electrons. The van der Waals surface area contributed by atoms with E-state index < -0.39 is 41.5 Å². The van der Waals surface area contributed by atoms with Gasteiger partial charge in [-0.05, 0) is 56.2 Å². The summed E-state index contributed by atoms with van der Waals surface area (Å²) in [6, 6.07) is 13.5. The number of nitrogens with one attached hydrogen (secondary N) is 1. The van der Waals surface area contributed by atoms with Gasteiger partial charge in [0.2, 0.25) is 11.8 Å². The van der Waals surface area contributed by atoms with Crippen molar-refractivity contribution in [1.29, 1.82) is 0 Å². The van der Waals surface area contributed by atoms with Crippen molar-refractivity contribution in [3.63, 3.8) is 0 Å². The van der Waals surface area contributed by atoms with Gasteiger partial charge < -0.3 is 29.7 Å². The molecular formula is C37H43N3O7. The van der Waals surface area contributed by atoms with Gasteiger partial charge >= 0.3 is 5.97 Å². The Balaban J connectivity index is 1.42. The number of para-hydroxylation sites is 1. The first kappa shape index (κ1) is 32.7. The Kier molecular flexibility index (Phi) is 9.61. The minimum Gasteiger partial charge on any atom is -0.463 e. The Morgan fingerprint density at radius 3 is 2.45 bits per heavy atom. The maximum Gasteiger partial charge on any atom is 0.306 e. The lowest BCUT2D eigenvalue weighted by atomic mass is 9.77. The van der Waals surface area contributed by atoms with Gasteiger partial charge in [0.25, 0.3) is 5.91 Å². The predicted octanol–water partition coefficient (Wildman–Crippen LogP) is 3.70. The highest BCUT2D eigenvalue weighted by molar-refractivity contribution is 6.06. The van der Waals surface area contributed by atoms with E-state index in [0.717, 1.165) is 22.4 Å². The number of fused-ring (bicyclic) bond motifs is 2. The van der Waals surface area contributed by atoms with Crippen LogP contribution in [0.2, 0.25) is 0 Å². The molecule has 1 spiro atoms. The number of allylic oxidation sites excluding steroid dienone is 1. The van der Waals surface area contributed by atoms with Crippen LogP contribution in [-0.4, -0.2) is 77.7 Å². The third-order valence-electron chi connectivity index (χ3n) is 9.83. The average Bonchev–Trinajstić information content (AvgIpc) is 3.44. The fraction of sp³-hybridized carbons (Fsp3) is 0.459. The third-order valence-corrected chi connectivity index (χ3v) is 9.83. The van der Waals surface area contributed by atoms with Gasteiger partial charge in [0.05, 0.1) is 24.0 Å². The molecule has 0 unspecified atom stereocenters. The Hall–Kier alpha value is -4.28. The lowest BCUT2D eigenvalue weighted by Gasteiger charge is -2.36. The fourth-order valence-corrected chi connectivity index (χ4v) is 7.68. The second kappa shape index (κ2) is 13.8. The molecule has 6 atom stereocenters. The van der Waals surface area contributed by atoms with Crippen molar-refractivity contribution >= 4 is 29.4 Å². The number of anilines is 1. The van der Waals surface area contributed by atoms with Gasteiger partial charge in [-0.25, -0.2) is 0 Å². The second-order valence-electron chi connectivity index (χ2n) is 12.9. The molecular weight excluding hydrogens is 598 g/mol. The highest BCUT2D eigenvalue weighted by atomic mass is 16.5. The molecule has 2 fully saturated rings. The van der Waals surface area contributed by atoms with Gasteiger partial charge in [-0.3, -0.25) is 19.2 Å². The zero-order chi connectivity index (χ0) is 33.1. The number of cyclic esters (lactones) is 1. The van der Waals surface area contributed by atoms with Crippen LogP contribution in [0.15, 0.2) is 72.8 Å². The van der Waals surface area contributed by atoms with Crippen LogP contribution in [0.4, 0.5) is 5.69 Å². The molecule has 2 aromatic carbocycles. The molecule has 0 aliphatic carbocycles. The number of hydrogen-bond acceptors (Lipinski definition) is 7. The minimum atomic E-state index is -1.39. The zero-order valence-electron chi connectivity index (χ0n) is 27.0. The number of likely N-dealkylation sites (tertiary alicyclic amines) is 1. The molecule has 0 aromatic heterocycles. The monoisotopic (exact) mass is 641 g/mol. The van der Waals surface area contributed by atoms with Crippen molar-refractivity contribution in [2.24, 2.45) is 11.8 Å². The molecule has 10 heteroatoms. The number of aryl methyl sites for hydroxylation is 2. The van der Waals surface area contributed by atoms with Crippen LogP contribution in [0.5, 0.6) is 0 Å². The van der Waals surface area contributed by atoms with Crippen molar-refractivity contribution in [2.75, 3.05) is 31.2 Å². The summed E-state index contributed by atoms with van der Waals surface area (Å²) in [4.78, 5) is 59.7. The first-order chi connectivity index (χ1) is 22.8. The van der Waals surface area contributed by atoms with Crippen LogP contribution in [0.1, 0.15) is 54.8 Å². The number of esters is 1. The zero-order valence-corrected chi connectivity index (χ0v) is 27.0. The number of carbonyl (C=O) groups is 4. The molecule has 4 aliphatic rings. The number of unbranched alkanes of at least 4 members (excludes halogenated alkanes) is 2. The number of amides is 3. The number of benzene rings is 2. The standard InChI is InChI=1S/C37H43N3O7/c1-24-13-11-14-25(2)32(24)39-21-12-19-37-31(35(44)40(33(37)36(39)45)20-9-4-10-22-41)30-28(47-37)17-7-8-18-29(42)46-23-27(38-34(30)43)26-15-5-3-6-16-26/h3,5-7,11-17,19,27-28,30-31,33,41H,4,8-10,18,20-23H2,1-2H3,(H,38,43)/b17-7-/t27-,28+,30-,31-,33+,37-/m0/s1. The lowest BCUT2D eigenvalue weighted by Crippen LogP contribution is -2.55. The maximum atomic E-state index is 14.8. The van der Waals surface area contributed by atoms with E-state index in [1.54, 1.807) is 22.0 Å². The smallest absolute Gasteiger partial charge is 0.306 e. The Morgan fingerprint density at radius 1 is 0.936 bits per heavy atom. The van der Waals surface area contributed by atoms with Crippen LogP contribution in [0, 0.1) is 25.7 Å². The van der Waals surface area contributed by atoms with Crippen LogP contribution < -0.4 is 10.2 Å². The maximum absolute atomic E-state index is 14.8. The molecule has 47 heavy (non-hydrogen) atoms. The van der Waals surface area contributed by atoms with E-state index >= 15 is 0 Å². The molecule has 10 nitrogen and oxygen atoms in total. The highest BCUT2D eigenvalue weighted by Gasteiger charge is 2.71. The van der Waals surface area contributed by atoms with E-state index in [2.05, 4.69) is 5.32 Å². The lowest BCUT2D eigenvalue weighted by molar-refractivity contribution is -0.146. The fourth-order valence-electron chi connectivity index (χ4n) is 7.68. The molecule has 2 aromatic rings. The number of rotatable bonds is 7. The third kappa shape index (κ3) is 6.12. The van der Waals surface area contributed by atoms with E-state index in [4.69, 9.17) is 9.47 Å². The summed E-state index contributed by atoms with van der Waals surface area (Å²) < 4.78 is 12.4. The van der Waals surface area contributed by atoms with Gasteiger partial charge in [0.15, 0.2) is 0 Å². The molecule has 4 aliphatic heterocycles. The molecule has 2 N–H and O–H groups in total. The number of aliphatic hydroxyl groups is 1. The van der Waals surface area contributed by atoms with Crippen molar-refractivity contribution in [2.45, 2.75) is 69.7 Å². The molecule has 0 saturated carbocycles. The highest BCUT2D eigenvalue weighted by Crippen LogP contribution is 2.53. The van der Waals surface area contributed by atoms with Crippen molar-refractivity contribution in [3.8, 4) is 0 Å². The Morgan fingerprint density at radius 2 is 1.70 bits per heavy atom. The van der Waals surface area contributed by atoms with Crippen molar-refractivity contribution in [3.05, 3.63) is 89.5 Å². The van der Waals surface area contributed by atoms with Crippen LogP contribution in [0.25, 0.3) is 0 Å². The molecule has 6 rings (SSSR count). The molecule has 0 bridgehead atoms. The summed E-state index contributed by atoms with van der Waals surface area (Å²) in [6.07, 6.45) is 8.86. The number of nitrogens with zero attached hydrogens (tertiary/aromatic N) is 2. The molecule has 2 saturated heterocycles. The molecule has 4 heterocycles. The van der Waals surface area contributed by atoms with Gasteiger partial charge in [-0.2, -0.15) is 0 Å². The summed E-state index contributed by atoms with van der Waals surface area (Å²) in [5.74, 6) is -3.23. The average molecular weight is 642 g/mol. The minimum absolute atomic E-state index is 0.0448. The first-order valence-electron chi connectivity index (χ1n) is 16.6. The first-order valence-corrected chi connectivity index (χ1v) is 16.6. The van der Waals surface area contributed by atoms with E-state index in [1.807, 2.05) is 74.5 Å². The number of aliphatic hydroxyl groups excluding tert-OH is 1. The Bertz CT molecular complexity index is 1550. The summed E-state index contributed by atoms with van der Waals surface area (Å²) >= 11 is 0. The number of carbonyl (C=O) groups excluding carboxylic acids is 4. The van der Waals surface area contributed by atoms with Gasteiger partial charge in [-0.15, -0.1) is 0 Å². The Labute approximate surface area is 275 Å². The largest absolute Gasteiger partial charge is 0.463 e. The van der Waals surface area contributed by atoms with E-state index in [1.165, 1.54) is 0 Å². The topological polar surface area (TPSA) is 125 Å².